The molecule has 0 aliphatic carbocycles. The second-order valence-corrected chi connectivity index (χ2v) is 6.84. The van der Waals surface area contributed by atoms with Crippen LogP contribution in [0.1, 0.15) is 5.56 Å². The molecule has 0 spiro atoms. The number of hydrogen-bond donors (Lipinski definition) is 2. The molecule has 0 saturated carbocycles. The summed E-state index contributed by atoms with van der Waals surface area (Å²) in [4.78, 5) is 16.8. The summed E-state index contributed by atoms with van der Waals surface area (Å²) in [5.74, 6) is 0.517. The first-order valence-corrected chi connectivity index (χ1v) is 9.13. The van der Waals surface area contributed by atoms with Crippen molar-refractivity contribution in [3.8, 4) is 17.1 Å². The Balaban J connectivity index is 1.61. The van der Waals surface area contributed by atoms with Crippen LogP contribution in [0.25, 0.3) is 16.9 Å². The first-order valence-electron chi connectivity index (χ1n) is 8.25. The fraction of sp³-hybridized carbons (Fsp3) is 0.105. The zero-order chi connectivity index (χ0) is 18.8. The van der Waals surface area contributed by atoms with Gasteiger partial charge in [-0.05, 0) is 42.1 Å². The Labute approximate surface area is 159 Å². The molecule has 0 atom stereocenters. The maximum atomic E-state index is 12.2. The predicted molar refractivity (Wildman–Crippen MR) is 107 cm³/mol. The van der Waals surface area contributed by atoms with Crippen LogP contribution in [-0.4, -0.2) is 27.7 Å². The molecule has 0 aliphatic heterocycles. The standard InChI is InChI=1S/C19H17N5O2S/c1-12-5-6-13(10-14(12)21-19(25)22-18-4-3-9-27-18)15-11-24-16(20-15)7-8-17(23-24)26-2/h3-11H,1-2H3,(H2,21,22,25). The van der Waals surface area contributed by atoms with Crippen molar-refractivity contribution in [1.29, 1.82) is 0 Å². The molecule has 1 aromatic carbocycles. The molecule has 0 saturated heterocycles. The molecule has 0 radical (unpaired) electrons. The summed E-state index contributed by atoms with van der Waals surface area (Å²) in [5, 5.41) is 12.7. The van der Waals surface area contributed by atoms with Gasteiger partial charge in [0.15, 0.2) is 5.65 Å². The number of carbonyl (C=O) groups excluding carboxylic acids is 1. The van der Waals surface area contributed by atoms with Crippen molar-refractivity contribution in [2.75, 3.05) is 17.7 Å². The van der Waals surface area contributed by atoms with Gasteiger partial charge in [0.05, 0.1) is 24.0 Å². The lowest BCUT2D eigenvalue weighted by Crippen LogP contribution is -2.19. The van der Waals surface area contributed by atoms with Gasteiger partial charge in [0.25, 0.3) is 0 Å². The average molecular weight is 379 g/mol. The fourth-order valence-electron chi connectivity index (χ4n) is 2.64. The molecule has 0 fully saturated rings. The smallest absolute Gasteiger partial charge is 0.324 e. The number of methoxy groups -OCH3 is 1. The molecule has 2 amide bonds. The zero-order valence-electron chi connectivity index (χ0n) is 14.8. The number of nitrogens with one attached hydrogen (secondary N) is 2. The molecular formula is C19H17N5O2S. The molecular weight excluding hydrogens is 362 g/mol. The number of anilines is 2. The number of benzene rings is 1. The molecule has 3 aromatic heterocycles. The van der Waals surface area contributed by atoms with Crippen LogP contribution >= 0.6 is 11.3 Å². The summed E-state index contributed by atoms with van der Waals surface area (Å²) >= 11 is 1.47. The lowest BCUT2D eigenvalue weighted by Gasteiger charge is -2.10. The van der Waals surface area contributed by atoms with Crippen molar-refractivity contribution in [2.24, 2.45) is 0 Å². The maximum absolute atomic E-state index is 12.2. The number of amides is 2. The third kappa shape index (κ3) is 3.61. The van der Waals surface area contributed by atoms with Gasteiger partial charge in [-0.15, -0.1) is 16.4 Å². The SMILES string of the molecule is COc1ccc2nc(-c3ccc(C)c(NC(=O)Nc4cccs4)c3)cn2n1. The Kier molecular flexibility index (Phi) is 4.47. The number of nitrogens with zero attached hydrogens (tertiary/aromatic N) is 3. The van der Waals surface area contributed by atoms with E-state index in [0.717, 1.165) is 33.2 Å². The Hall–Kier alpha value is -3.39. The van der Waals surface area contributed by atoms with E-state index < -0.39 is 0 Å². The van der Waals surface area contributed by atoms with Crippen LogP contribution in [0.5, 0.6) is 5.88 Å². The molecule has 27 heavy (non-hydrogen) atoms. The highest BCUT2D eigenvalue weighted by molar-refractivity contribution is 7.14. The lowest BCUT2D eigenvalue weighted by molar-refractivity contribution is 0.262. The second-order valence-electron chi connectivity index (χ2n) is 5.89. The Morgan fingerprint density at radius 3 is 2.85 bits per heavy atom. The molecule has 2 N–H and O–H groups in total. The maximum Gasteiger partial charge on any atom is 0.324 e. The van der Waals surface area contributed by atoms with Gasteiger partial charge < -0.3 is 10.1 Å². The number of hydrogen-bond acceptors (Lipinski definition) is 5. The molecule has 0 aliphatic rings. The second kappa shape index (κ2) is 7.08. The van der Waals surface area contributed by atoms with E-state index in [4.69, 9.17) is 4.74 Å². The van der Waals surface area contributed by atoms with Crippen LogP contribution in [0.15, 0.2) is 54.0 Å². The minimum atomic E-state index is -0.279. The number of aryl methyl sites for hydroxylation is 1. The van der Waals surface area contributed by atoms with E-state index >= 15 is 0 Å². The summed E-state index contributed by atoms with van der Waals surface area (Å²) in [7, 11) is 1.57. The summed E-state index contributed by atoms with van der Waals surface area (Å²) in [6.07, 6.45) is 1.83. The van der Waals surface area contributed by atoms with Gasteiger partial charge >= 0.3 is 6.03 Å². The first kappa shape index (κ1) is 17.0. The predicted octanol–water partition coefficient (Wildman–Crippen LogP) is 4.42. The number of rotatable bonds is 4. The van der Waals surface area contributed by atoms with Crippen LogP contribution in [0.2, 0.25) is 0 Å². The number of thiophene rings is 1. The van der Waals surface area contributed by atoms with E-state index in [9.17, 15) is 4.79 Å². The monoisotopic (exact) mass is 379 g/mol. The number of ether oxygens (including phenoxy) is 1. The van der Waals surface area contributed by atoms with Crippen molar-refractivity contribution >= 4 is 33.7 Å². The van der Waals surface area contributed by atoms with Crippen molar-refractivity contribution in [2.45, 2.75) is 6.92 Å². The van der Waals surface area contributed by atoms with E-state index in [1.165, 1.54) is 11.3 Å². The Morgan fingerprint density at radius 1 is 1.19 bits per heavy atom. The lowest BCUT2D eigenvalue weighted by atomic mass is 10.1. The van der Waals surface area contributed by atoms with Crippen LogP contribution in [-0.2, 0) is 0 Å². The van der Waals surface area contributed by atoms with Crippen LogP contribution in [0, 0.1) is 6.92 Å². The third-order valence-electron chi connectivity index (χ3n) is 4.04. The Bertz CT molecular complexity index is 1100. The van der Waals surface area contributed by atoms with E-state index in [1.54, 1.807) is 17.7 Å². The van der Waals surface area contributed by atoms with Gasteiger partial charge in [-0.2, -0.15) is 0 Å². The minimum absolute atomic E-state index is 0.279. The molecule has 4 aromatic rings. The van der Waals surface area contributed by atoms with Crippen molar-refractivity contribution in [3.63, 3.8) is 0 Å². The highest BCUT2D eigenvalue weighted by Crippen LogP contribution is 2.26. The molecule has 7 nitrogen and oxygen atoms in total. The highest BCUT2D eigenvalue weighted by atomic mass is 32.1. The number of imidazole rings is 1. The van der Waals surface area contributed by atoms with Gasteiger partial charge in [-0.1, -0.05) is 12.1 Å². The number of carbonyl (C=O) groups is 1. The third-order valence-corrected chi connectivity index (χ3v) is 4.83. The fourth-order valence-corrected chi connectivity index (χ4v) is 3.26. The molecule has 8 heteroatoms. The van der Waals surface area contributed by atoms with Gasteiger partial charge in [0, 0.05) is 17.3 Å². The molecule has 0 unspecified atom stereocenters. The summed E-state index contributed by atoms with van der Waals surface area (Å²) in [6, 6.07) is 12.9. The molecule has 4 rings (SSSR count). The number of urea groups is 1. The van der Waals surface area contributed by atoms with Crippen molar-refractivity contribution in [1.82, 2.24) is 14.6 Å². The van der Waals surface area contributed by atoms with E-state index in [0.29, 0.717) is 5.88 Å². The van der Waals surface area contributed by atoms with E-state index in [2.05, 4.69) is 20.7 Å². The largest absolute Gasteiger partial charge is 0.480 e. The minimum Gasteiger partial charge on any atom is -0.480 e. The van der Waals surface area contributed by atoms with Gasteiger partial charge in [-0.3, -0.25) is 5.32 Å². The zero-order valence-corrected chi connectivity index (χ0v) is 15.6. The number of aromatic nitrogens is 3. The van der Waals surface area contributed by atoms with Gasteiger partial charge in [-0.25, -0.2) is 14.3 Å². The molecule has 136 valence electrons. The van der Waals surface area contributed by atoms with Crippen LogP contribution in [0.3, 0.4) is 0 Å². The summed E-state index contributed by atoms with van der Waals surface area (Å²) in [6.45, 7) is 1.95. The van der Waals surface area contributed by atoms with Gasteiger partial charge in [0.1, 0.15) is 0 Å². The quantitative estimate of drug-likeness (QED) is 0.550. The van der Waals surface area contributed by atoms with Gasteiger partial charge in [0.2, 0.25) is 5.88 Å². The summed E-state index contributed by atoms with van der Waals surface area (Å²) in [5.41, 5.74) is 4.05. The average Bonchev–Trinajstić information content (AvgIpc) is 3.32. The first-order chi connectivity index (χ1) is 13.1. The van der Waals surface area contributed by atoms with Crippen LogP contribution in [0.4, 0.5) is 15.5 Å². The number of fused-ring (bicyclic) bond motifs is 1. The molecule has 0 bridgehead atoms. The van der Waals surface area contributed by atoms with Crippen molar-refractivity contribution in [3.05, 3.63) is 59.6 Å². The van der Waals surface area contributed by atoms with E-state index in [1.807, 2.05) is 54.9 Å². The van der Waals surface area contributed by atoms with Crippen LogP contribution < -0.4 is 15.4 Å². The summed E-state index contributed by atoms with van der Waals surface area (Å²) < 4.78 is 6.82. The normalized spacial score (nSPS) is 10.7. The molecule has 3 heterocycles. The Morgan fingerprint density at radius 2 is 2.07 bits per heavy atom. The highest BCUT2D eigenvalue weighted by Gasteiger charge is 2.10. The topological polar surface area (TPSA) is 80.5 Å². The van der Waals surface area contributed by atoms with E-state index in [-0.39, 0.29) is 6.03 Å². The van der Waals surface area contributed by atoms with Crippen molar-refractivity contribution < 1.29 is 9.53 Å².